The minimum atomic E-state index is -0.112. The standard InChI is InChI=1S/C15H19ClFN/c16-10-11-5-6-15(13(17)9-11)18-8-7-12-3-1-2-4-14(12)18/h5-6,9,12,14H,1-4,7-8,10H2. The number of benzene rings is 1. The van der Waals surface area contributed by atoms with Crippen LogP contribution in [0.25, 0.3) is 0 Å². The smallest absolute Gasteiger partial charge is 0.146 e. The summed E-state index contributed by atoms with van der Waals surface area (Å²) in [5.74, 6) is 1.05. The molecular weight excluding hydrogens is 249 g/mol. The fraction of sp³-hybridized carbons (Fsp3) is 0.600. The van der Waals surface area contributed by atoms with E-state index in [0.717, 1.165) is 23.7 Å². The van der Waals surface area contributed by atoms with Crippen molar-refractivity contribution in [3.05, 3.63) is 29.6 Å². The van der Waals surface area contributed by atoms with E-state index in [4.69, 9.17) is 11.6 Å². The Hall–Kier alpha value is -0.760. The van der Waals surface area contributed by atoms with Crippen LogP contribution < -0.4 is 4.90 Å². The fourth-order valence-corrected chi connectivity index (χ4v) is 3.74. The quantitative estimate of drug-likeness (QED) is 0.721. The van der Waals surface area contributed by atoms with Crippen LogP contribution in [0.5, 0.6) is 0 Å². The molecule has 0 radical (unpaired) electrons. The Balaban J connectivity index is 1.86. The van der Waals surface area contributed by atoms with Crippen molar-refractivity contribution in [3.63, 3.8) is 0 Å². The average molecular weight is 268 g/mol. The van der Waals surface area contributed by atoms with Gasteiger partial charge in [0, 0.05) is 18.5 Å². The molecule has 2 atom stereocenters. The van der Waals surface area contributed by atoms with Crippen LogP contribution in [-0.2, 0) is 5.88 Å². The number of alkyl halides is 1. The number of hydrogen-bond donors (Lipinski definition) is 0. The summed E-state index contributed by atoms with van der Waals surface area (Å²) < 4.78 is 14.1. The molecule has 2 unspecified atom stereocenters. The highest BCUT2D eigenvalue weighted by molar-refractivity contribution is 6.17. The molecule has 1 aliphatic heterocycles. The van der Waals surface area contributed by atoms with Crippen LogP contribution in [0.15, 0.2) is 18.2 Å². The molecule has 1 aromatic carbocycles. The van der Waals surface area contributed by atoms with Crippen molar-refractivity contribution >= 4 is 17.3 Å². The lowest BCUT2D eigenvalue weighted by molar-refractivity contribution is 0.341. The Kier molecular flexibility index (Phi) is 3.47. The molecule has 2 fully saturated rings. The molecule has 1 heterocycles. The van der Waals surface area contributed by atoms with Crippen LogP contribution in [0.3, 0.4) is 0 Å². The van der Waals surface area contributed by atoms with Gasteiger partial charge in [0.15, 0.2) is 0 Å². The molecule has 18 heavy (non-hydrogen) atoms. The Morgan fingerprint density at radius 2 is 2.06 bits per heavy atom. The van der Waals surface area contributed by atoms with E-state index >= 15 is 0 Å². The van der Waals surface area contributed by atoms with Gasteiger partial charge in [-0.3, -0.25) is 0 Å². The summed E-state index contributed by atoms with van der Waals surface area (Å²) in [6.45, 7) is 1.01. The van der Waals surface area contributed by atoms with E-state index < -0.39 is 0 Å². The van der Waals surface area contributed by atoms with Gasteiger partial charge in [0.25, 0.3) is 0 Å². The zero-order valence-corrected chi connectivity index (χ0v) is 11.3. The van der Waals surface area contributed by atoms with E-state index in [-0.39, 0.29) is 5.82 Å². The molecule has 0 N–H and O–H groups in total. The van der Waals surface area contributed by atoms with E-state index in [1.807, 2.05) is 12.1 Å². The van der Waals surface area contributed by atoms with Crippen molar-refractivity contribution in [1.82, 2.24) is 0 Å². The Morgan fingerprint density at radius 3 is 2.83 bits per heavy atom. The molecule has 3 heteroatoms. The predicted molar refractivity (Wildman–Crippen MR) is 73.7 cm³/mol. The maximum atomic E-state index is 14.1. The maximum absolute atomic E-state index is 14.1. The zero-order valence-electron chi connectivity index (χ0n) is 10.5. The van der Waals surface area contributed by atoms with Crippen molar-refractivity contribution in [2.45, 2.75) is 44.0 Å². The summed E-state index contributed by atoms with van der Waals surface area (Å²) in [5, 5.41) is 0. The van der Waals surface area contributed by atoms with Gasteiger partial charge in [0.2, 0.25) is 0 Å². The number of anilines is 1. The summed E-state index contributed by atoms with van der Waals surface area (Å²) in [7, 11) is 0. The first kappa shape index (κ1) is 12.3. The third-order valence-electron chi connectivity index (χ3n) is 4.49. The van der Waals surface area contributed by atoms with Crippen LogP contribution >= 0.6 is 11.6 Å². The topological polar surface area (TPSA) is 3.24 Å². The van der Waals surface area contributed by atoms with Gasteiger partial charge in [-0.2, -0.15) is 0 Å². The Labute approximate surface area is 113 Å². The van der Waals surface area contributed by atoms with Gasteiger partial charge >= 0.3 is 0 Å². The van der Waals surface area contributed by atoms with Crippen molar-refractivity contribution in [2.75, 3.05) is 11.4 Å². The molecule has 0 spiro atoms. The second kappa shape index (κ2) is 5.08. The summed E-state index contributed by atoms with van der Waals surface area (Å²) in [6.07, 6.45) is 6.41. The van der Waals surface area contributed by atoms with Crippen LogP contribution in [0.2, 0.25) is 0 Å². The minimum absolute atomic E-state index is 0.112. The summed E-state index contributed by atoms with van der Waals surface area (Å²) in [6, 6.07) is 6.00. The molecule has 1 aliphatic carbocycles. The molecule has 2 aliphatic rings. The molecule has 0 aromatic heterocycles. The van der Waals surface area contributed by atoms with Crippen molar-refractivity contribution in [1.29, 1.82) is 0 Å². The molecule has 0 bridgehead atoms. The molecule has 3 rings (SSSR count). The number of hydrogen-bond acceptors (Lipinski definition) is 1. The normalized spacial score (nSPS) is 27.3. The largest absolute Gasteiger partial charge is 0.366 e. The minimum Gasteiger partial charge on any atom is -0.366 e. The van der Waals surface area contributed by atoms with Gasteiger partial charge in [-0.05, 0) is 42.9 Å². The van der Waals surface area contributed by atoms with Gasteiger partial charge in [-0.25, -0.2) is 4.39 Å². The number of fused-ring (bicyclic) bond motifs is 1. The number of halogens is 2. The number of rotatable bonds is 2. The van der Waals surface area contributed by atoms with Gasteiger partial charge in [-0.15, -0.1) is 11.6 Å². The SMILES string of the molecule is Fc1cc(CCl)ccc1N1CCC2CCCCC21. The van der Waals surface area contributed by atoms with E-state index in [1.165, 1.54) is 32.1 Å². The third kappa shape index (κ3) is 2.11. The molecule has 98 valence electrons. The first-order valence-corrected chi connectivity index (χ1v) is 7.44. The van der Waals surface area contributed by atoms with Crippen LogP contribution in [0, 0.1) is 11.7 Å². The molecule has 1 saturated heterocycles. The van der Waals surface area contributed by atoms with Gasteiger partial charge in [0.05, 0.1) is 5.69 Å². The predicted octanol–water partition coefficient (Wildman–Crippen LogP) is 4.33. The molecule has 1 saturated carbocycles. The molecule has 1 aromatic rings. The van der Waals surface area contributed by atoms with Crippen molar-refractivity contribution < 1.29 is 4.39 Å². The lowest BCUT2D eigenvalue weighted by Crippen LogP contribution is -2.35. The Bertz CT molecular complexity index is 435. The second-order valence-corrected chi connectivity index (χ2v) is 5.78. The summed E-state index contributed by atoms with van der Waals surface area (Å²) in [5.41, 5.74) is 1.63. The zero-order chi connectivity index (χ0) is 12.5. The van der Waals surface area contributed by atoms with E-state index in [0.29, 0.717) is 11.9 Å². The average Bonchev–Trinajstić information content (AvgIpc) is 2.82. The second-order valence-electron chi connectivity index (χ2n) is 5.51. The highest BCUT2D eigenvalue weighted by Crippen LogP contribution is 2.39. The Morgan fingerprint density at radius 1 is 1.22 bits per heavy atom. The fourth-order valence-electron chi connectivity index (χ4n) is 3.57. The van der Waals surface area contributed by atoms with Gasteiger partial charge < -0.3 is 4.90 Å². The van der Waals surface area contributed by atoms with Crippen molar-refractivity contribution in [2.24, 2.45) is 5.92 Å². The maximum Gasteiger partial charge on any atom is 0.146 e. The van der Waals surface area contributed by atoms with E-state index in [2.05, 4.69) is 4.90 Å². The first-order chi connectivity index (χ1) is 8.79. The monoisotopic (exact) mass is 267 g/mol. The van der Waals surface area contributed by atoms with E-state index in [9.17, 15) is 4.39 Å². The summed E-state index contributed by atoms with van der Waals surface area (Å²) >= 11 is 5.74. The van der Waals surface area contributed by atoms with Crippen LogP contribution in [-0.4, -0.2) is 12.6 Å². The molecule has 0 amide bonds. The van der Waals surface area contributed by atoms with Gasteiger partial charge in [-0.1, -0.05) is 18.9 Å². The summed E-state index contributed by atoms with van der Waals surface area (Å²) in [4.78, 5) is 2.29. The third-order valence-corrected chi connectivity index (χ3v) is 4.79. The molecule has 1 nitrogen and oxygen atoms in total. The van der Waals surface area contributed by atoms with Crippen LogP contribution in [0.4, 0.5) is 10.1 Å². The molecular formula is C15H19ClFN. The van der Waals surface area contributed by atoms with Gasteiger partial charge in [0.1, 0.15) is 5.82 Å². The first-order valence-electron chi connectivity index (χ1n) is 6.90. The lowest BCUT2D eigenvalue weighted by Gasteiger charge is -2.33. The number of nitrogens with zero attached hydrogens (tertiary/aromatic N) is 1. The van der Waals surface area contributed by atoms with Crippen molar-refractivity contribution in [3.8, 4) is 0 Å². The van der Waals surface area contributed by atoms with E-state index in [1.54, 1.807) is 6.07 Å². The highest BCUT2D eigenvalue weighted by Gasteiger charge is 2.36. The lowest BCUT2D eigenvalue weighted by atomic mass is 9.85. The highest BCUT2D eigenvalue weighted by atomic mass is 35.5. The van der Waals surface area contributed by atoms with Crippen LogP contribution in [0.1, 0.15) is 37.7 Å².